The van der Waals surface area contributed by atoms with Crippen LogP contribution >= 0.6 is 23.2 Å². The van der Waals surface area contributed by atoms with Crippen LogP contribution in [0.1, 0.15) is 21.5 Å². The fourth-order valence-corrected chi connectivity index (χ4v) is 2.60. The molecular formula is C14H9Cl2N3O. The van der Waals surface area contributed by atoms with Gasteiger partial charge in [-0.05, 0) is 24.1 Å². The molecule has 6 heteroatoms. The zero-order chi connectivity index (χ0) is 14.3. The molecule has 2 aromatic heterocycles. The van der Waals surface area contributed by atoms with Crippen molar-refractivity contribution in [2.45, 2.75) is 6.92 Å². The summed E-state index contributed by atoms with van der Waals surface area (Å²) in [6.45, 7) is 1.89. The van der Waals surface area contributed by atoms with Crippen LogP contribution in [-0.2, 0) is 0 Å². The van der Waals surface area contributed by atoms with Crippen molar-refractivity contribution in [1.29, 1.82) is 0 Å². The summed E-state index contributed by atoms with van der Waals surface area (Å²) in [5.74, 6) is -0.123. The van der Waals surface area contributed by atoms with Crippen LogP contribution < -0.4 is 0 Å². The number of aryl methyl sites for hydroxylation is 1. The number of halogens is 2. The van der Waals surface area contributed by atoms with Gasteiger partial charge in [-0.3, -0.25) is 4.79 Å². The predicted molar refractivity (Wildman–Crippen MR) is 78.5 cm³/mol. The van der Waals surface area contributed by atoms with Gasteiger partial charge in [0.05, 0.1) is 10.9 Å². The van der Waals surface area contributed by atoms with Gasteiger partial charge in [0, 0.05) is 11.8 Å². The molecule has 0 saturated carbocycles. The van der Waals surface area contributed by atoms with Gasteiger partial charge in [-0.25, -0.2) is 4.98 Å². The van der Waals surface area contributed by atoms with Crippen molar-refractivity contribution in [1.82, 2.24) is 15.0 Å². The Morgan fingerprint density at radius 1 is 1.15 bits per heavy atom. The highest BCUT2D eigenvalue weighted by atomic mass is 35.5. The molecule has 2 heterocycles. The molecule has 0 amide bonds. The number of fused-ring (bicyclic) bond motifs is 1. The van der Waals surface area contributed by atoms with Gasteiger partial charge in [-0.15, -0.1) is 0 Å². The lowest BCUT2D eigenvalue weighted by atomic mass is 10.00. The largest absolute Gasteiger partial charge is 0.345 e. The molecule has 3 aromatic rings. The molecule has 0 aliphatic carbocycles. The van der Waals surface area contributed by atoms with Gasteiger partial charge in [0.15, 0.2) is 5.78 Å². The van der Waals surface area contributed by atoms with Gasteiger partial charge in [0.25, 0.3) is 0 Å². The van der Waals surface area contributed by atoms with Crippen LogP contribution in [0.15, 0.2) is 30.5 Å². The summed E-state index contributed by atoms with van der Waals surface area (Å²) < 4.78 is 0. The van der Waals surface area contributed by atoms with Crippen LogP contribution in [-0.4, -0.2) is 20.7 Å². The number of hydrogen-bond donors (Lipinski definition) is 1. The third kappa shape index (κ3) is 2.07. The number of carbonyl (C=O) groups is 1. The van der Waals surface area contributed by atoms with E-state index in [-0.39, 0.29) is 16.2 Å². The first-order valence-electron chi connectivity index (χ1n) is 5.88. The lowest BCUT2D eigenvalue weighted by Crippen LogP contribution is -2.03. The van der Waals surface area contributed by atoms with Gasteiger partial charge in [-0.2, -0.15) is 4.98 Å². The number of nitrogens with one attached hydrogen (secondary N) is 1. The van der Waals surface area contributed by atoms with E-state index in [0.29, 0.717) is 22.2 Å². The third-order valence-electron chi connectivity index (χ3n) is 3.09. The molecule has 0 saturated heterocycles. The van der Waals surface area contributed by atoms with Crippen molar-refractivity contribution in [3.05, 3.63) is 57.6 Å². The van der Waals surface area contributed by atoms with Gasteiger partial charge in [0.2, 0.25) is 5.28 Å². The van der Waals surface area contributed by atoms with E-state index in [1.165, 1.54) is 0 Å². The highest BCUT2D eigenvalue weighted by Gasteiger charge is 2.19. The summed E-state index contributed by atoms with van der Waals surface area (Å²) in [6.07, 6.45) is 1.58. The maximum absolute atomic E-state index is 12.6. The lowest BCUT2D eigenvalue weighted by molar-refractivity contribution is 0.103. The smallest absolute Gasteiger partial charge is 0.225 e. The lowest BCUT2D eigenvalue weighted by Gasteiger charge is -2.04. The number of carbonyl (C=O) groups excluding carboxylic acids is 1. The average Bonchev–Trinajstić information content (AvgIpc) is 2.82. The third-order valence-corrected chi connectivity index (χ3v) is 3.54. The fraction of sp³-hybridized carbons (Fsp3) is 0.0714. The Hall–Kier alpha value is -1.91. The van der Waals surface area contributed by atoms with Crippen LogP contribution in [0, 0.1) is 6.92 Å². The minimum Gasteiger partial charge on any atom is -0.345 e. The first kappa shape index (κ1) is 13.1. The zero-order valence-corrected chi connectivity index (χ0v) is 12.0. The summed E-state index contributed by atoms with van der Waals surface area (Å²) in [5, 5.41) is 0.696. The summed E-state index contributed by atoms with van der Waals surface area (Å²) in [4.78, 5) is 23.4. The summed E-state index contributed by atoms with van der Waals surface area (Å²) in [5.41, 5.74) is 2.42. The molecule has 0 fully saturated rings. The topological polar surface area (TPSA) is 58.6 Å². The minimum absolute atomic E-state index is 0.0410. The van der Waals surface area contributed by atoms with E-state index in [9.17, 15) is 4.79 Å². The Labute approximate surface area is 124 Å². The number of benzene rings is 1. The van der Waals surface area contributed by atoms with E-state index in [2.05, 4.69) is 15.0 Å². The van der Waals surface area contributed by atoms with Crippen molar-refractivity contribution in [3.63, 3.8) is 0 Å². The molecule has 1 N–H and O–H groups in total. The molecule has 0 aliphatic rings. The Balaban J connectivity index is 2.21. The van der Waals surface area contributed by atoms with E-state index >= 15 is 0 Å². The second-order valence-electron chi connectivity index (χ2n) is 4.35. The molecule has 0 atom stereocenters. The predicted octanol–water partition coefficient (Wildman–Crippen LogP) is 3.80. The average molecular weight is 306 g/mol. The number of aromatic amines is 1. The van der Waals surface area contributed by atoms with Crippen LogP contribution in [0.4, 0.5) is 0 Å². The van der Waals surface area contributed by atoms with Crippen molar-refractivity contribution in [3.8, 4) is 0 Å². The number of H-pyrrole nitrogens is 1. The number of hydrogen-bond acceptors (Lipinski definition) is 3. The highest BCUT2D eigenvalue weighted by molar-refractivity contribution is 6.37. The van der Waals surface area contributed by atoms with Crippen LogP contribution in [0.2, 0.25) is 10.4 Å². The van der Waals surface area contributed by atoms with Crippen molar-refractivity contribution in [2.75, 3.05) is 0 Å². The molecule has 20 heavy (non-hydrogen) atoms. The van der Waals surface area contributed by atoms with Crippen molar-refractivity contribution in [2.24, 2.45) is 0 Å². The molecule has 0 spiro atoms. The van der Waals surface area contributed by atoms with Crippen LogP contribution in [0.25, 0.3) is 11.0 Å². The number of aromatic nitrogens is 3. The Bertz CT molecular complexity index is 826. The van der Waals surface area contributed by atoms with Crippen molar-refractivity contribution >= 4 is 40.0 Å². The summed E-state index contributed by atoms with van der Waals surface area (Å²) >= 11 is 11.8. The molecule has 1 aromatic carbocycles. The number of ketones is 1. The molecule has 0 unspecified atom stereocenters. The van der Waals surface area contributed by atoms with E-state index in [1.807, 2.05) is 25.1 Å². The van der Waals surface area contributed by atoms with E-state index < -0.39 is 0 Å². The first-order valence-corrected chi connectivity index (χ1v) is 6.64. The summed E-state index contributed by atoms with van der Waals surface area (Å²) in [7, 11) is 0. The second-order valence-corrected chi connectivity index (χ2v) is 5.05. The Morgan fingerprint density at radius 2 is 1.90 bits per heavy atom. The minimum atomic E-state index is -0.123. The Morgan fingerprint density at radius 3 is 2.65 bits per heavy atom. The molecule has 0 aliphatic heterocycles. The van der Waals surface area contributed by atoms with Gasteiger partial charge >= 0.3 is 0 Å². The van der Waals surface area contributed by atoms with Gasteiger partial charge < -0.3 is 4.98 Å². The number of nitrogens with zero attached hydrogens (tertiary/aromatic N) is 2. The summed E-state index contributed by atoms with van der Waals surface area (Å²) in [6, 6.07) is 7.37. The molecule has 100 valence electrons. The molecule has 4 nitrogen and oxygen atoms in total. The zero-order valence-electron chi connectivity index (χ0n) is 10.4. The maximum atomic E-state index is 12.6. The van der Waals surface area contributed by atoms with E-state index in [0.717, 1.165) is 5.56 Å². The maximum Gasteiger partial charge on any atom is 0.225 e. The van der Waals surface area contributed by atoms with E-state index in [1.54, 1.807) is 12.3 Å². The fourth-order valence-electron chi connectivity index (χ4n) is 2.12. The monoisotopic (exact) mass is 305 g/mol. The Kier molecular flexibility index (Phi) is 3.20. The standard InChI is InChI=1S/C14H9Cl2N3O/c1-7-4-2-3-5-8(7)11(20)9-6-17-13-10(9)12(15)18-14(16)19-13/h2-6H,1H3,(H,17,18,19). The molecule has 0 radical (unpaired) electrons. The van der Waals surface area contributed by atoms with Crippen LogP contribution in [0.5, 0.6) is 0 Å². The quantitative estimate of drug-likeness (QED) is 0.445. The SMILES string of the molecule is Cc1ccccc1C(=O)c1c[nH]c2nc(Cl)nc(Cl)c12. The number of rotatable bonds is 2. The highest BCUT2D eigenvalue weighted by Crippen LogP contribution is 2.27. The molecule has 0 bridgehead atoms. The van der Waals surface area contributed by atoms with E-state index in [4.69, 9.17) is 23.2 Å². The second kappa shape index (κ2) is 4.89. The molecule has 3 rings (SSSR count). The van der Waals surface area contributed by atoms with Gasteiger partial charge in [-0.1, -0.05) is 35.9 Å². The van der Waals surface area contributed by atoms with Crippen LogP contribution in [0.3, 0.4) is 0 Å². The first-order chi connectivity index (χ1) is 9.58. The van der Waals surface area contributed by atoms with Gasteiger partial charge in [0.1, 0.15) is 10.8 Å². The normalized spacial score (nSPS) is 10.9. The molecular weight excluding hydrogens is 297 g/mol. The van der Waals surface area contributed by atoms with Crippen molar-refractivity contribution < 1.29 is 4.79 Å².